The van der Waals surface area contributed by atoms with E-state index in [1.807, 2.05) is 6.92 Å². The lowest BCUT2D eigenvalue weighted by Gasteiger charge is -2.29. The highest BCUT2D eigenvalue weighted by Gasteiger charge is 2.26. The highest BCUT2D eigenvalue weighted by atomic mass is 16.5. The van der Waals surface area contributed by atoms with Gasteiger partial charge in [0.2, 0.25) is 17.7 Å². The molecule has 0 radical (unpaired) electrons. The molecule has 3 atom stereocenters. The van der Waals surface area contributed by atoms with E-state index in [2.05, 4.69) is 16.0 Å². The molecule has 0 bridgehead atoms. The Morgan fingerprint density at radius 3 is 1.02 bits per heavy atom. The summed E-state index contributed by atoms with van der Waals surface area (Å²) >= 11 is 0. The molecule has 50 heavy (non-hydrogen) atoms. The summed E-state index contributed by atoms with van der Waals surface area (Å²) in [6.45, 7) is 4.22. The Morgan fingerprint density at radius 2 is 0.800 bits per heavy atom. The summed E-state index contributed by atoms with van der Waals surface area (Å²) in [6.07, 6.45) is 0.522. The lowest BCUT2D eigenvalue weighted by molar-refractivity contribution is -0.161. The first-order valence-corrected chi connectivity index (χ1v) is 16.1. The molecular formula is C29H57N9O12. The van der Waals surface area contributed by atoms with Crippen molar-refractivity contribution in [1.82, 2.24) is 31.1 Å². The first-order chi connectivity index (χ1) is 23.4. The molecule has 0 aliphatic carbocycles. The van der Waals surface area contributed by atoms with Gasteiger partial charge in [-0.2, -0.15) is 0 Å². The fourth-order valence-electron chi connectivity index (χ4n) is 4.08. The maximum Gasteiger partial charge on any atom is 0.263 e. The first kappa shape index (κ1) is 46.5. The van der Waals surface area contributed by atoms with Gasteiger partial charge in [-0.1, -0.05) is 6.92 Å². The molecule has 12 N–H and O–H groups in total. The van der Waals surface area contributed by atoms with Gasteiger partial charge in [-0.05, 0) is 19.3 Å². The molecule has 0 fully saturated rings. The fourth-order valence-corrected chi connectivity index (χ4v) is 4.08. The van der Waals surface area contributed by atoms with Crippen LogP contribution < -0.4 is 33.2 Å². The Kier molecular flexibility index (Phi) is 23.6. The lowest BCUT2D eigenvalue weighted by atomic mass is 9.94. The molecule has 21 heteroatoms. The maximum atomic E-state index is 12.0. The van der Waals surface area contributed by atoms with Crippen LogP contribution in [0.15, 0.2) is 0 Å². The van der Waals surface area contributed by atoms with Crippen LogP contribution in [0.5, 0.6) is 0 Å². The molecule has 3 unspecified atom stereocenters. The molecular weight excluding hydrogens is 666 g/mol. The minimum atomic E-state index is -1.17. The number of nitrogens with zero attached hydrogens (tertiary/aromatic N) is 3. The van der Waals surface area contributed by atoms with E-state index in [9.17, 15) is 28.8 Å². The predicted molar refractivity (Wildman–Crippen MR) is 175 cm³/mol. The van der Waals surface area contributed by atoms with Crippen LogP contribution in [0.25, 0.3) is 0 Å². The van der Waals surface area contributed by atoms with Gasteiger partial charge in [0.1, 0.15) is 0 Å². The zero-order chi connectivity index (χ0) is 38.3. The van der Waals surface area contributed by atoms with E-state index in [-0.39, 0.29) is 78.5 Å². The van der Waals surface area contributed by atoms with Crippen LogP contribution >= 0.6 is 0 Å². The van der Waals surface area contributed by atoms with Crippen molar-refractivity contribution in [3.05, 3.63) is 0 Å². The second-order valence-electron chi connectivity index (χ2n) is 12.1. The molecule has 0 heterocycles. The van der Waals surface area contributed by atoms with Crippen molar-refractivity contribution in [1.29, 1.82) is 0 Å². The molecule has 0 aliphatic rings. The molecule has 6 amide bonds. The summed E-state index contributed by atoms with van der Waals surface area (Å²) in [5.41, 5.74) is 16.2. The summed E-state index contributed by atoms with van der Waals surface area (Å²) in [7, 11) is 3.36. The second kappa shape index (κ2) is 25.4. The van der Waals surface area contributed by atoms with Gasteiger partial charge in [-0.25, -0.2) is 15.2 Å². The Balaban J connectivity index is 4.70. The van der Waals surface area contributed by atoms with E-state index in [1.165, 1.54) is 0 Å². The van der Waals surface area contributed by atoms with Crippen molar-refractivity contribution in [2.75, 3.05) is 80.4 Å². The summed E-state index contributed by atoms with van der Waals surface area (Å²) in [5, 5.41) is 36.3. The monoisotopic (exact) mass is 723 g/mol. The summed E-state index contributed by atoms with van der Waals surface area (Å²) in [5.74, 6) is -3.69. The normalized spacial score (nSPS) is 14.0. The van der Waals surface area contributed by atoms with Crippen LogP contribution in [0.3, 0.4) is 0 Å². The number of nitrogens with one attached hydrogen (secondary N) is 3. The van der Waals surface area contributed by atoms with Crippen molar-refractivity contribution in [2.45, 2.75) is 63.6 Å². The minimum absolute atomic E-state index is 0.229. The van der Waals surface area contributed by atoms with Gasteiger partial charge in [0.15, 0.2) is 0 Å². The van der Waals surface area contributed by atoms with Crippen LogP contribution in [0.4, 0.5) is 0 Å². The molecule has 0 aliphatic heterocycles. The topological polar surface area (TPSA) is 315 Å². The number of ether oxygens (including phenoxy) is 3. The molecule has 0 spiro atoms. The van der Waals surface area contributed by atoms with Crippen molar-refractivity contribution in [2.24, 2.45) is 22.6 Å². The highest BCUT2D eigenvalue weighted by molar-refractivity contribution is 5.88. The number of carbonyl (C=O) groups excluding carboxylic acids is 6. The molecule has 0 aromatic rings. The van der Waals surface area contributed by atoms with Gasteiger partial charge < -0.3 is 47.4 Å². The smallest absolute Gasteiger partial charge is 0.263 e. The Labute approximate surface area is 291 Å². The third-order valence-electron chi connectivity index (χ3n) is 6.84. The average Bonchev–Trinajstić information content (AvgIpc) is 3.04. The van der Waals surface area contributed by atoms with Crippen LogP contribution in [0.2, 0.25) is 0 Å². The molecule has 21 nitrogen and oxygen atoms in total. The Hall–Kier alpha value is -3.54. The number of nitrogens with two attached hydrogens (primary N) is 3. The number of rotatable bonds is 27. The predicted octanol–water partition coefficient (Wildman–Crippen LogP) is -3.74. The summed E-state index contributed by atoms with van der Waals surface area (Å²) < 4.78 is 17.5. The van der Waals surface area contributed by atoms with Crippen LogP contribution in [0.1, 0.15) is 45.4 Å². The van der Waals surface area contributed by atoms with Crippen molar-refractivity contribution in [3.63, 3.8) is 0 Å². The van der Waals surface area contributed by atoms with Crippen LogP contribution in [-0.4, -0.2) is 165 Å². The SMILES string of the molecule is CN(O)C(=O)C(N)CC(=O)NCCCOCC(C)(COCCCNC(=O)CC(N)C(=O)N(C)O)COCCCNC(=O)CC(N)C(=O)N(C)O. The minimum Gasteiger partial charge on any atom is -0.381 e. The van der Waals surface area contributed by atoms with E-state index >= 15 is 0 Å². The number of carbonyl (C=O) groups is 6. The number of likely N-dealkylation sites (N-methyl/N-ethyl adjacent to an activating group) is 3. The van der Waals surface area contributed by atoms with Gasteiger partial charge in [-0.3, -0.25) is 44.4 Å². The average molecular weight is 724 g/mol. The van der Waals surface area contributed by atoms with Crippen molar-refractivity contribution >= 4 is 35.4 Å². The van der Waals surface area contributed by atoms with Gasteiger partial charge in [0, 0.05) is 66.0 Å². The van der Waals surface area contributed by atoms with Crippen LogP contribution in [-0.2, 0) is 43.0 Å². The number of hydroxylamine groups is 6. The third-order valence-corrected chi connectivity index (χ3v) is 6.84. The van der Waals surface area contributed by atoms with E-state index in [0.29, 0.717) is 34.5 Å². The van der Waals surface area contributed by atoms with Crippen LogP contribution in [0, 0.1) is 5.41 Å². The maximum absolute atomic E-state index is 12.0. The third kappa shape index (κ3) is 21.5. The quantitative estimate of drug-likeness (QED) is 0.0223. The van der Waals surface area contributed by atoms with E-state index < -0.39 is 59.0 Å². The lowest BCUT2D eigenvalue weighted by Crippen LogP contribution is -2.43. The van der Waals surface area contributed by atoms with E-state index in [1.54, 1.807) is 0 Å². The van der Waals surface area contributed by atoms with Crippen molar-refractivity contribution < 1.29 is 58.6 Å². The molecule has 0 saturated carbocycles. The zero-order valence-corrected chi connectivity index (χ0v) is 29.4. The van der Waals surface area contributed by atoms with Crippen molar-refractivity contribution in [3.8, 4) is 0 Å². The van der Waals surface area contributed by atoms with E-state index in [0.717, 1.165) is 21.1 Å². The Bertz CT molecular complexity index is 938. The molecule has 0 aromatic carbocycles. The number of hydrogen-bond donors (Lipinski definition) is 9. The molecule has 0 aromatic heterocycles. The zero-order valence-electron chi connectivity index (χ0n) is 29.4. The molecule has 0 rings (SSSR count). The van der Waals surface area contributed by atoms with Gasteiger partial charge in [0.05, 0.1) is 57.2 Å². The standard InChI is InChI=1S/C29H57N9O12/c1-29(17-48-11-5-8-33-23(39)14-20(30)26(42)36(2)45,18-49-12-6-9-34-24(40)15-21(31)27(43)37(3)46)19-50-13-7-10-35-25(41)16-22(32)28(44)38(4)47/h20-22,45-47H,5-19,30-32H2,1-4H3,(H,33,39)(H,34,40)(H,35,41). The fraction of sp³-hybridized carbons (Fsp3) is 0.793. The Morgan fingerprint density at radius 1 is 0.560 bits per heavy atom. The second-order valence-corrected chi connectivity index (χ2v) is 12.1. The van der Waals surface area contributed by atoms with Gasteiger partial charge >= 0.3 is 0 Å². The summed E-state index contributed by atoms with van der Waals surface area (Å²) in [4.78, 5) is 70.8. The summed E-state index contributed by atoms with van der Waals surface area (Å²) in [6, 6.07) is -3.50. The number of amides is 6. The highest BCUT2D eigenvalue weighted by Crippen LogP contribution is 2.19. The largest absolute Gasteiger partial charge is 0.381 e. The number of hydrogen-bond acceptors (Lipinski definition) is 15. The molecule has 0 saturated heterocycles. The molecule has 290 valence electrons. The van der Waals surface area contributed by atoms with E-state index in [4.69, 9.17) is 47.0 Å². The first-order valence-electron chi connectivity index (χ1n) is 16.1. The van der Waals surface area contributed by atoms with Gasteiger partial charge in [-0.15, -0.1) is 0 Å². The van der Waals surface area contributed by atoms with Gasteiger partial charge in [0.25, 0.3) is 17.7 Å².